The van der Waals surface area contributed by atoms with Crippen LogP contribution in [0.5, 0.6) is 0 Å². The van der Waals surface area contributed by atoms with Crippen LogP contribution in [0.2, 0.25) is 0 Å². The summed E-state index contributed by atoms with van der Waals surface area (Å²) in [5, 5.41) is 2.71. The molecule has 144 valence electrons. The van der Waals surface area contributed by atoms with Gasteiger partial charge in [0.05, 0.1) is 17.0 Å². The monoisotopic (exact) mass is 396 g/mol. The van der Waals surface area contributed by atoms with E-state index in [9.17, 15) is 22.0 Å². The van der Waals surface area contributed by atoms with Crippen molar-refractivity contribution in [3.63, 3.8) is 0 Å². The summed E-state index contributed by atoms with van der Waals surface area (Å²) in [7, 11) is -4.65. The number of aromatic nitrogens is 2. The van der Waals surface area contributed by atoms with E-state index in [4.69, 9.17) is 0 Å². The second-order valence-electron chi connectivity index (χ2n) is 6.17. The molecule has 1 amide bonds. The van der Waals surface area contributed by atoms with Crippen LogP contribution in [-0.4, -0.2) is 43.1 Å². The molecule has 2 aromatic rings. The van der Waals surface area contributed by atoms with Crippen molar-refractivity contribution in [2.24, 2.45) is 5.92 Å². The van der Waals surface area contributed by atoms with Gasteiger partial charge in [-0.1, -0.05) is 0 Å². The summed E-state index contributed by atoms with van der Waals surface area (Å²) in [5.74, 6) is -3.26. The van der Waals surface area contributed by atoms with Crippen LogP contribution in [0.25, 0.3) is 0 Å². The lowest BCUT2D eigenvalue weighted by Gasteiger charge is -2.32. The van der Waals surface area contributed by atoms with Gasteiger partial charge in [-0.15, -0.1) is 0 Å². The van der Waals surface area contributed by atoms with Crippen LogP contribution >= 0.6 is 0 Å². The van der Waals surface area contributed by atoms with E-state index in [-0.39, 0.29) is 11.8 Å². The van der Waals surface area contributed by atoms with Crippen molar-refractivity contribution >= 4 is 27.2 Å². The number of nitrogens with zero attached hydrogens (tertiary/aromatic N) is 3. The first kappa shape index (κ1) is 19.2. The van der Waals surface area contributed by atoms with Crippen molar-refractivity contribution < 1.29 is 22.0 Å². The summed E-state index contributed by atoms with van der Waals surface area (Å²) in [6.07, 6.45) is 6.34. The van der Waals surface area contributed by atoms with Gasteiger partial charge in [-0.3, -0.25) is 9.78 Å². The molecule has 0 radical (unpaired) electrons. The van der Waals surface area contributed by atoms with Gasteiger partial charge in [-0.05, 0) is 37.1 Å². The number of anilines is 2. The normalized spacial score (nSPS) is 17.7. The number of amides is 1. The van der Waals surface area contributed by atoms with Crippen LogP contribution in [0.15, 0.2) is 47.8 Å². The quantitative estimate of drug-likeness (QED) is 0.834. The third kappa shape index (κ3) is 4.38. The van der Waals surface area contributed by atoms with E-state index >= 15 is 0 Å². The highest BCUT2D eigenvalue weighted by molar-refractivity contribution is 7.91. The third-order valence-corrected chi connectivity index (χ3v) is 5.75. The molecule has 7 nitrogen and oxygen atoms in total. The Hall–Kier alpha value is -2.62. The highest BCUT2D eigenvalue weighted by Gasteiger charge is 2.28. The van der Waals surface area contributed by atoms with Gasteiger partial charge >= 0.3 is 5.76 Å². The summed E-state index contributed by atoms with van der Waals surface area (Å²) in [4.78, 5) is 22.3. The van der Waals surface area contributed by atoms with E-state index in [1.54, 1.807) is 18.6 Å². The van der Waals surface area contributed by atoms with Crippen LogP contribution < -0.4 is 10.2 Å². The number of hydrogen-bond donors (Lipinski definition) is 1. The molecule has 27 heavy (non-hydrogen) atoms. The summed E-state index contributed by atoms with van der Waals surface area (Å²) < 4.78 is 48.0. The molecule has 1 unspecified atom stereocenters. The molecule has 1 aromatic carbocycles. The number of hydrogen-bond acceptors (Lipinski definition) is 6. The number of piperidine rings is 1. The van der Waals surface area contributed by atoms with Gasteiger partial charge in [-0.2, -0.15) is 8.78 Å². The first-order valence-corrected chi connectivity index (χ1v) is 9.86. The smallest absolute Gasteiger partial charge is 0.341 e. The van der Waals surface area contributed by atoms with Crippen molar-refractivity contribution in [2.45, 2.75) is 23.5 Å². The molecule has 0 saturated carbocycles. The molecule has 1 atom stereocenters. The number of nitrogens with one attached hydrogen (secondary N) is 1. The SMILES string of the molecule is O=C(Nc1ccc(S(=O)(=O)C(F)F)cc1)C1CCCN(c2cnccn2)C1. The molecule has 3 rings (SSSR count). The Balaban J connectivity index is 1.65. The standard InChI is InChI=1S/C17H18F2N4O3S/c18-17(19)27(25,26)14-5-3-13(4-6-14)22-16(24)12-2-1-9-23(11-12)15-10-20-7-8-21-15/h3-8,10,12,17H,1-2,9,11H2,(H,22,24). The second kappa shape index (κ2) is 7.95. The first-order valence-electron chi connectivity index (χ1n) is 8.32. The van der Waals surface area contributed by atoms with Gasteiger partial charge in [0, 0.05) is 31.2 Å². The number of alkyl halides is 2. The maximum absolute atomic E-state index is 12.6. The largest absolute Gasteiger partial charge is 0.355 e. The van der Waals surface area contributed by atoms with Crippen LogP contribution in [0.4, 0.5) is 20.3 Å². The number of halogens is 2. The van der Waals surface area contributed by atoms with Gasteiger partial charge < -0.3 is 10.2 Å². The van der Waals surface area contributed by atoms with Crippen molar-refractivity contribution in [3.8, 4) is 0 Å². The zero-order valence-corrected chi connectivity index (χ0v) is 15.1. The number of carbonyl (C=O) groups excluding carboxylic acids is 1. The molecule has 1 aromatic heterocycles. The average Bonchev–Trinajstić information content (AvgIpc) is 2.69. The molecule has 1 fully saturated rings. The fraction of sp³-hybridized carbons (Fsp3) is 0.353. The van der Waals surface area contributed by atoms with Crippen molar-refractivity contribution in [3.05, 3.63) is 42.9 Å². The Morgan fingerprint density at radius 2 is 1.96 bits per heavy atom. The summed E-state index contributed by atoms with van der Waals surface area (Å²) in [6, 6.07) is 4.72. The van der Waals surface area contributed by atoms with E-state index in [1.807, 2.05) is 4.90 Å². The van der Waals surface area contributed by atoms with Crippen LogP contribution in [0.3, 0.4) is 0 Å². The molecule has 1 saturated heterocycles. The van der Waals surface area contributed by atoms with E-state index in [1.165, 1.54) is 12.1 Å². The second-order valence-corrected chi connectivity index (χ2v) is 8.09. The van der Waals surface area contributed by atoms with Gasteiger partial charge in [0.25, 0.3) is 0 Å². The molecule has 2 heterocycles. The minimum absolute atomic E-state index is 0.215. The van der Waals surface area contributed by atoms with E-state index in [0.29, 0.717) is 24.5 Å². The molecule has 1 N–H and O–H groups in total. The Bertz CT molecular complexity index is 892. The molecule has 0 aliphatic carbocycles. The lowest BCUT2D eigenvalue weighted by Crippen LogP contribution is -2.41. The third-order valence-electron chi connectivity index (χ3n) is 4.35. The Morgan fingerprint density at radius 3 is 2.59 bits per heavy atom. The highest BCUT2D eigenvalue weighted by Crippen LogP contribution is 2.24. The van der Waals surface area contributed by atoms with Crippen molar-refractivity contribution in [1.82, 2.24) is 9.97 Å². The fourth-order valence-corrected chi connectivity index (χ4v) is 3.65. The lowest BCUT2D eigenvalue weighted by atomic mass is 9.97. The maximum atomic E-state index is 12.6. The summed E-state index contributed by atoms with van der Waals surface area (Å²) in [5.41, 5.74) is 0.352. The highest BCUT2D eigenvalue weighted by atomic mass is 32.2. The van der Waals surface area contributed by atoms with Crippen LogP contribution in [0.1, 0.15) is 12.8 Å². The molecule has 10 heteroatoms. The minimum atomic E-state index is -4.65. The Morgan fingerprint density at radius 1 is 1.22 bits per heavy atom. The maximum Gasteiger partial charge on any atom is 0.341 e. The number of sulfone groups is 1. The predicted octanol–water partition coefficient (Wildman–Crippen LogP) is 2.33. The summed E-state index contributed by atoms with van der Waals surface area (Å²) >= 11 is 0. The molecular weight excluding hydrogens is 378 g/mol. The zero-order valence-electron chi connectivity index (χ0n) is 14.3. The molecule has 1 aliphatic heterocycles. The van der Waals surface area contributed by atoms with Gasteiger partial charge in [-0.25, -0.2) is 13.4 Å². The lowest BCUT2D eigenvalue weighted by molar-refractivity contribution is -0.120. The summed E-state index contributed by atoms with van der Waals surface area (Å²) in [6.45, 7) is 1.27. The van der Waals surface area contributed by atoms with Crippen molar-refractivity contribution in [1.29, 1.82) is 0 Å². The van der Waals surface area contributed by atoms with Gasteiger partial charge in [0.2, 0.25) is 15.7 Å². The van der Waals surface area contributed by atoms with E-state index in [2.05, 4.69) is 15.3 Å². The first-order chi connectivity index (χ1) is 12.9. The fourth-order valence-electron chi connectivity index (χ4n) is 2.93. The van der Waals surface area contributed by atoms with Crippen LogP contribution in [0, 0.1) is 5.92 Å². The topological polar surface area (TPSA) is 92.3 Å². The molecule has 1 aliphatic rings. The number of rotatable bonds is 5. The van der Waals surface area contributed by atoms with E-state index < -0.39 is 20.5 Å². The molecular formula is C17H18F2N4O3S. The molecule has 0 spiro atoms. The van der Waals surface area contributed by atoms with Gasteiger partial charge in [0.15, 0.2) is 0 Å². The average molecular weight is 396 g/mol. The zero-order chi connectivity index (χ0) is 19.4. The molecule has 0 bridgehead atoms. The van der Waals surface area contributed by atoms with E-state index in [0.717, 1.165) is 25.1 Å². The van der Waals surface area contributed by atoms with Crippen molar-refractivity contribution in [2.75, 3.05) is 23.3 Å². The van der Waals surface area contributed by atoms with Crippen LogP contribution in [-0.2, 0) is 14.6 Å². The Labute approximate surface area is 155 Å². The predicted molar refractivity (Wildman–Crippen MR) is 95.2 cm³/mol. The number of carbonyl (C=O) groups is 1. The Kier molecular flexibility index (Phi) is 5.64. The van der Waals surface area contributed by atoms with Gasteiger partial charge in [0.1, 0.15) is 5.82 Å². The number of benzene rings is 1. The minimum Gasteiger partial charge on any atom is -0.355 e.